The Morgan fingerprint density at radius 3 is 2.62 bits per heavy atom. The van der Waals surface area contributed by atoms with Gasteiger partial charge in [-0.2, -0.15) is 0 Å². The van der Waals surface area contributed by atoms with Crippen molar-refractivity contribution in [3.63, 3.8) is 0 Å². The number of nitrogens with zero attached hydrogens (tertiary/aromatic N) is 2. The number of carbonyl (C=O) groups excluding carboxylic acids is 2. The van der Waals surface area contributed by atoms with Crippen LogP contribution in [0.3, 0.4) is 0 Å². The third kappa shape index (κ3) is 3.78. The number of amides is 2. The topological polar surface area (TPSA) is 52.7 Å². The van der Waals surface area contributed by atoms with E-state index in [0.717, 1.165) is 13.1 Å². The molecular weight excluding hydrogens is 273 g/mol. The van der Waals surface area contributed by atoms with Crippen LogP contribution in [0.1, 0.15) is 15.9 Å². The van der Waals surface area contributed by atoms with Gasteiger partial charge in [0.1, 0.15) is 5.82 Å². The molecule has 2 rings (SSSR count). The van der Waals surface area contributed by atoms with Gasteiger partial charge in [-0.05, 0) is 30.7 Å². The van der Waals surface area contributed by atoms with Gasteiger partial charge < -0.3 is 15.1 Å². The number of piperazine rings is 1. The van der Waals surface area contributed by atoms with Crippen LogP contribution in [0.25, 0.3) is 0 Å². The highest BCUT2D eigenvalue weighted by Gasteiger charge is 2.21. The Kier molecular flexibility index (Phi) is 4.90. The Labute approximate surface area is 123 Å². The number of nitrogens with one attached hydrogen (secondary N) is 1. The van der Waals surface area contributed by atoms with Crippen LogP contribution in [0.5, 0.6) is 0 Å². The Morgan fingerprint density at radius 1 is 1.33 bits per heavy atom. The molecule has 2 amide bonds. The number of likely N-dealkylation sites (N-methyl/N-ethyl adjacent to an activating group) is 1. The van der Waals surface area contributed by atoms with Gasteiger partial charge >= 0.3 is 0 Å². The van der Waals surface area contributed by atoms with Gasteiger partial charge in [0.25, 0.3) is 5.91 Å². The minimum absolute atomic E-state index is 0.0370. The highest BCUT2D eigenvalue weighted by atomic mass is 19.1. The first-order valence-electron chi connectivity index (χ1n) is 6.99. The summed E-state index contributed by atoms with van der Waals surface area (Å²) in [5, 5.41) is 3.17. The van der Waals surface area contributed by atoms with E-state index in [9.17, 15) is 14.0 Å². The molecule has 1 aromatic carbocycles. The van der Waals surface area contributed by atoms with Gasteiger partial charge in [-0.1, -0.05) is 0 Å². The van der Waals surface area contributed by atoms with Crippen molar-refractivity contribution in [2.75, 3.05) is 39.8 Å². The summed E-state index contributed by atoms with van der Waals surface area (Å²) in [6.45, 7) is 4.53. The van der Waals surface area contributed by atoms with Crippen LogP contribution in [0.2, 0.25) is 0 Å². The van der Waals surface area contributed by atoms with E-state index < -0.39 is 0 Å². The summed E-state index contributed by atoms with van der Waals surface area (Å²) in [5.74, 6) is -0.682. The van der Waals surface area contributed by atoms with Gasteiger partial charge in [-0.25, -0.2) is 4.39 Å². The molecule has 0 radical (unpaired) electrons. The number of halogens is 1. The fourth-order valence-electron chi connectivity index (χ4n) is 2.29. The van der Waals surface area contributed by atoms with E-state index in [1.807, 2.05) is 0 Å². The van der Waals surface area contributed by atoms with E-state index in [-0.39, 0.29) is 24.2 Å². The third-order valence-corrected chi connectivity index (χ3v) is 3.59. The van der Waals surface area contributed by atoms with Crippen LogP contribution in [0, 0.1) is 12.7 Å². The first kappa shape index (κ1) is 15.4. The van der Waals surface area contributed by atoms with Crippen LogP contribution >= 0.6 is 0 Å². The fourth-order valence-corrected chi connectivity index (χ4v) is 2.29. The maximum absolute atomic E-state index is 13.2. The minimum Gasteiger partial charge on any atom is -0.339 e. The summed E-state index contributed by atoms with van der Waals surface area (Å²) in [6.07, 6.45) is 0. The molecule has 0 unspecified atom stereocenters. The van der Waals surface area contributed by atoms with Crippen LogP contribution in [-0.2, 0) is 4.79 Å². The average Bonchev–Trinajstić information content (AvgIpc) is 2.50. The highest BCUT2D eigenvalue weighted by Crippen LogP contribution is 2.11. The number of hydrogen-bond acceptors (Lipinski definition) is 3. The van der Waals surface area contributed by atoms with Crippen molar-refractivity contribution in [3.8, 4) is 0 Å². The molecule has 114 valence electrons. The van der Waals surface area contributed by atoms with E-state index in [1.165, 1.54) is 23.1 Å². The van der Waals surface area contributed by atoms with Crippen molar-refractivity contribution < 1.29 is 14.0 Å². The zero-order valence-corrected chi connectivity index (χ0v) is 12.4. The lowest BCUT2D eigenvalue weighted by Crippen LogP contribution is -2.49. The van der Waals surface area contributed by atoms with Gasteiger partial charge in [0.05, 0.1) is 6.54 Å². The Morgan fingerprint density at radius 2 is 2.00 bits per heavy atom. The molecule has 0 aliphatic carbocycles. The van der Waals surface area contributed by atoms with E-state index in [0.29, 0.717) is 24.2 Å². The van der Waals surface area contributed by atoms with E-state index >= 15 is 0 Å². The predicted molar refractivity (Wildman–Crippen MR) is 77.5 cm³/mol. The standard InChI is InChI=1S/C15H20FN3O2/c1-11-9-12(3-4-13(11)16)15(21)18(2)10-14(20)19-7-5-17-6-8-19/h3-4,9,17H,5-8,10H2,1-2H3. The molecule has 1 fully saturated rings. The molecule has 0 saturated carbocycles. The van der Waals surface area contributed by atoms with Crippen molar-refractivity contribution in [1.82, 2.24) is 15.1 Å². The van der Waals surface area contributed by atoms with E-state index in [1.54, 1.807) is 18.9 Å². The molecule has 1 heterocycles. The lowest BCUT2D eigenvalue weighted by atomic mass is 10.1. The molecule has 21 heavy (non-hydrogen) atoms. The molecule has 6 heteroatoms. The number of carbonyl (C=O) groups is 2. The molecule has 1 aliphatic heterocycles. The van der Waals surface area contributed by atoms with Crippen LogP contribution in [-0.4, -0.2) is 61.4 Å². The first-order chi connectivity index (χ1) is 9.99. The summed E-state index contributed by atoms with van der Waals surface area (Å²) >= 11 is 0. The van der Waals surface area contributed by atoms with Gasteiger partial charge in [-0.3, -0.25) is 9.59 Å². The van der Waals surface area contributed by atoms with Crippen molar-refractivity contribution in [1.29, 1.82) is 0 Å². The molecule has 0 aromatic heterocycles. The number of benzene rings is 1. The lowest BCUT2D eigenvalue weighted by molar-refractivity contribution is -0.132. The van der Waals surface area contributed by atoms with E-state index in [4.69, 9.17) is 0 Å². The highest BCUT2D eigenvalue weighted by molar-refractivity contribution is 5.96. The first-order valence-corrected chi connectivity index (χ1v) is 6.99. The van der Waals surface area contributed by atoms with Gasteiger partial charge in [0.2, 0.25) is 5.91 Å². The molecule has 1 saturated heterocycles. The monoisotopic (exact) mass is 293 g/mol. The van der Waals surface area contributed by atoms with Crippen LogP contribution < -0.4 is 5.32 Å². The zero-order chi connectivity index (χ0) is 15.4. The second-order valence-electron chi connectivity index (χ2n) is 5.26. The summed E-state index contributed by atoms with van der Waals surface area (Å²) < 4.78 is 13.2. The SMILES string of the molecule is Cc1cc(C(=O)N(C)CC(=O)N2CCNCC2)ccc1F. The summed E-state index contributed by atoms with van der Waals surface area (Å²) in [4.78, 5) is 27.5. The molecular formula is C15H20FN3O2. The number of hydrogen-bond donors (Lipinski definition) is 1. The Bertz CT molecular complexity index is 542. The molecule has 1 aliphatic rings. The van der Waals surface area contributed by atoms with Crippen LogP contribution in [0.4, 0.5) is 4.39 Å². The third-order valence-electron chi connectivity index (χ3n) is 3.59. The van der Waals surface area contributed by atoms with Crippen molar-refractivity contribution >= 4 is 11.8 Å². The molecule has 0 atom stereocenters. The summed E-state index contributed by atoms with van der Waals surface area (Å²) in [6, 6.07) is 4.22. The molecule has 0 spiro atoms. The second kappa shape index (κ2) is 6.67. The quantitative estimate of drug-likeness (QED) is 0.890. The normalized spacial score (nSPS) is 14.9. The number of aryl methyl sites for hydroxylation is 1. The van der Waals surface area contributed by atoms with Gasteiger partial charge in [-0.15, -0.1) is 0 Å². The fraction of sp³-hybridized carbons (Fsp3) is 0.467. The molecule has 1 N–H and O–H groups in total. The van der Waals surface area contributed by atoms with E-state index in [2.05, 4.69) is 5.32 Å². The minimum atomic E-state index is -0.342. The lowest BCUT2D eigenvalue weighted by Gasteiger charge is -2.29. The average molecular weight is 293 g/mol. The predicted octanol–water partition coefficient (Wildman–Crippen LogP) is 0.638. The summed E-state index contributed by atoms with van der Waals surface area (Å²) in [5.41, 5.74) is 0.812. The van der Waals surface area contributed by atoms with Crippen molar-refractivity contribution in [3.05, 3.63) is 35.1 Å². The van der Waals surface area contributed by atoms with Gasteiger partial charge in [0.15, 0.2) is 0 Å². The molecule has 1 aromatic rings. The van der Waals surface area contributed by atoms with Crippen molar-refractivity contribution in [2.24, 2.45) is 0 Å². The largest absolute Gasteiger partial charge is 0.339 e. The summed E-state index contributed by atoms with van der Waals surface area (Å²) in [7, 11) is 1.58. The zero-order valence-electron chi connectivity index (χ0n) is 12.4. The van der Waals surface area contributed by atoms with Crippen molar-refractivity contribution in [2.45, 2.75) is 6.92 Å². The second-order valence-corrected chi connectivity index (χ2v) is 5.26. The number of rotatable bonds is 3. The maximum atomic E-state index is 13.2. The maximum Gasteiger partial charge on any atom is 0.254 e. The Balaban J connectivity index is 1.98. The Hall–Kier alpha value is -1.95. The molecule has 5 nitrogen and oxygen atoms in total. The van der Waals surface area contributed by atoms with Gasteiger partial charge in [0, 0.05) is 38.8 Å². The molecule has 0 bridgehead atoms. The van der Waals surface area contributed by atoms with Crippen LogP contribution in [0.15, 0.2) is 18.2 Å². The smallest absolute Gasteiger partial charge is 0.254 e.